The predicted molar refractivity (Wildman–Crippen MR) is 62.3 cm³/mol. The number of hydrogen-bond donors (Lipinski definition) is 0. The molecule has 0 aromatic rings. The van der Waals surface area contributed by atoms with Gasteiger partial charge in [0.15, 0.2) is 0 Å². The molecular weight excluding hydrogens is 247 g/mol. The van der Waals surface area contributed by atoms with E-state index in [0.717, 1.165) is 0 Å². The van der Waals surface area contributed by atoms with Gasteiger partial charge in [-0.15, -0.1) is 13.2 Å². The summed E-state index contributed by atoms with van der Waals surface area (Å²) < 4.78 is 46.9. The molecule has 1 unspecified atom stereocenters. The Morgan fingerprint density at radius 2 is 1.83 bits per heavy atom. The molecule has 1 saturated heterocycles. The molecule has 1 heterocycles. The van der Waals surface area contributed by atoms with Crippen LogP contribution in [0.5, 0.6) is 0 Å². The van der Waals surface area contributed by atoms with E-state index in [0.29, 0.717) is 6.42 Å². The van der Waals surface area contributed by atoms with Crippen LogP contribution < -0.4 is 0 Å². The highest BCUT2D eigenvalue weighted by Crippen LogP contribution is 2.36. The van der Waals surface area contributed by atoms with Crippen molar-refractivity contribution in [2.75, 3.05) is 13.6 Å². The van der Waals surface area contributed by atoms with Crippen molar-refractivity contribution in [2.45, 2.75) is 64.3 Å². The molecule has 0 spiro atoms. The molecule has 0 aromatic carbocycles. The zero-order valence-corrected chi connectivity index (χ0v) is 11.5. The van der Waals surface area contributed by atoms with Gasteiger partial charge in [0.2, 0.25) is 0 Å². The maximum atomic E-state index is 12.3. The molecule has 0 bridgehead atoms. The average molecular weight is 269 g/mol. The molecule has 1 aliphatic rings. The van der Waals surface area contributed by atoms with Crippen LogP contribution in [0.25, 0.3) is 0 Å². The van der Waals surface area contributed by atoms with Gasteiger partial charge in [0.25, 0.3) is 0 Å². The Morgan fingerprint density at radius 3 is 2.28 bits per heavy atom. The Bertz CT molecular complexity index is 283. The lowest BCUT2D eigenvalue weighted by Gasteiger charge is -2.27. The summed E-state index contributed by atoms with van der Waals surface area (Å²) in [6.45, 7) is 7.47. The van der Waals surface area contributed by atoms with Crippen LogP contribution >= 0.6 is 0 Å². The van der Waals surface area contributed by atoms with E-state index in [4.69, 9.17) is 4.74 Å². The lowest BCUT2D eigenvalue weighted by atomic mass is 10.00. The van der Waals surface area contributed by atoms with E-state index in [2.05, 4.69) is 4.74 Å². The number of likely N-dealkylation sites (tertiary alicyclic amines) is 1. The Labute approximate surface area is 106 Å². The van der Waals surface area contributed by atoms with Gasteiger partial charge < -0.3 is 4.74 Å². The minimum atomic E-state index is -4.59. The molecule has 0 saturated carbocycles. The van der Waals surface area contributed by atoms with Gasteiger partial charge in [-0.2, -0.15) is 0 Å². The van der Waals surface area contributed by atoms with Crippen molar-refractivity contribution in [3.05, 3.63) is 0 Å². The van der Waals surface area contributed by atoms with Crippen molar-refractivity contribution in [2.24, 2.45) is 0 Å². The summed E-state index contributed by atoms with van der Waals surface area (Å²) in [7, 11) is 1.80. The van der Waals surface area contributed by atoms with Crippen molar-refractivity contribution >= 4 is 0 Å². The van der Waals surface area contributed by atoms with Crippen LogP contribution in [0, 0.1) is 0 Å². The Morgan fingerprint density at radius 1 is 1.28 bits per heavy atom. The topological polar surface area (TPSA) is 21.7 Å². The zero-order valence-electron chi connectivity index (χ0n) is 11.5. The van der Waals surface area contributed by atoms with Crippen LogP contribution in [-0.4, -0.2) is 48.7 Å². The van der Waals surface area contributed by atoms with E-state index in [-0.39, 0.29) is 24.8 Å². The third-order valence-corrected chi connectivity index (χ3v) is 3.18. The van der Waals surface area contributed by atoms with E-state index in [1.165, 1.54) is 6.92 Å². The maximum Gasteiger partial charge on any atom is 0.523 e. The highest BCUT2D eigenvalue weighted by atomic mass is 19.4. The van der Waals surface area contributed by atoms with Crippen molar-refractivity contribution in [1.82, 2.24) is 4.90 Å². The molecule has 3 atom stereocenters. The minimum Gasteiger partial charge on any atom is -0.374 e. The fraction of sp³-hybridized carbons (Fsp3) is 1.00. The molecule has 0 aromatic heterocycles. The van der Waals surface area contributed by atoms with Crippen LogP contribution in [0.15, 0.2) is 0 Å². The summed E-state index contributed by atoms with van der Waals surface area (Å²) in [5, 5.41) is 0. The molecule has 108 valence electrons. The third-order valence-electron chi connectivity index (χ3n) is 3.18. The number of halogens is 3. The Balaban J connectivity index is 2.65. The maximum absolute atomic E-state index is 12.3. The number of nitrogens with zero attached hydrogens (tertiary/aromatic N) is 1. The van der Waals surface area contributed by atoms with Gasteiger partial charge in [0, 0.05) is 12.6 Å². The van der Waals surface area contributed by atoms with E-state index in [1.807, 2.05) is 25.7 Å². The molecule has 6 heteroatoms. The smallest absolute Gasteiger partial charge is 0.374 e. The highest BCUT2D eigenvalue weighted by molar-refractivity contribution is 4.96. The molecule has 0 aliphatic carbocycles. The van der Waals surface area contributed by atoms with Gasteiger partial charge in [-0.1, -0.05) is 0 Å². The lowest BCUT2D eigenvalue weighted by molar-refractivity contribution is -0.361. The standard InChI is InChI=1S/C12H22F3NO2/c1-8(2)17-9(3)10-6-11(4,7-16(10)5)18-12(13,14)15/h8-10H,6-7H2,1-5H3/t9-,10-,11?/m0/s1. The van der Waals surface area contributed by atoms with Gasteiger partial charge in [-0.3, -0.25) is 9.64 Å². The zero-order chi connectivity index (χ0) is 14.1. The number of ether oxygens (including phenoxy) is 2. The van der Waals surface area contributed by atoms with Crippen LogP contribution in [0.2, 0.25) is 0 Å². The number of hydrogen-bond acceptors (Lipinski definition) is 3. The highest BCUT2D eigenvalue weighted by Gasteiger charge is 2.48. The number of likely N-dealkylation sites (N-methyl/N-ethyl adjacent to an activating group) is 1. The normalized spacial score (nSPS) is 32.2. The molecule has 18 heavy (non-hydrogen) atoms. The second kappa shape index (κ2) is 5.35. The monoisotopic (exact) mass is 269 g/mol. The Hall–Kier alpha value is -0.330. The van der Waals surface area contributed by atoms with Crippen molar-refractivity contribution in [3.63, 3.8) is 0 Å². The Kier molecular flexibility index (Phi) is 4.67. The third kappa shape index (κ3) is 4.40. The second-order valence-electron chi connectivity index (χ2n) is 5.57. The van der Waals surface area contributed by atoms with E-state index < -0.39 is 12.0 Å². The van der Waals surface area contributed by atoms with Crippen LogP contribution in [0.4, 0.5) is 13.2 Å². The molecule has 1 aliphatic heterocycles. The average Bonchev–Trinajstić information content (AvgIpc) is 2.36. The molecule has 1 fully saturated rings. The van der Waals surface area contributed by atoms with Gasteiger partial charge in [-0.25, -0.2) is 0 Å². The van der Waals surface area contributed by atoms with E-state index in [9.17, 15) is 13.2 Å². The minimum absolute atomic E-state index is 0.0558. The first kappa shape index (κ1) is 15.7. The second-order valence-corrected chi connectivity index (χ2v) is 5.57. The first-order chi connectivity index (χ1) is 8.02. The first-order valence-electron chi connectivity index (χ1n) is 6.15. The molecule has 0 radical (unpaired) electrons. The summed E-state index contributed by atoms with van der Waals surface area (Å²) in [5.41, 5.74) is -1.19. The SMILES string of the molecule is CC(C)O[C@@H](C)[C@@H]1CC(C)(OC(F)(F)F)CN1C. The largest absolute Gasteiger partial charge is 0.523 e. The molecule has 1 rings (SSSR count). The fourth-order valence-electron chi connectivity index (χ4n) is 2.71. The first-order valence-corrected chi connectivity index (χ1v) is 6.15. The van der Waals surface area contributed by atoms with Crippen LogP contribution in [-0.2, 0) is 9.47 Å². The number of rotatable bonds is 4. The van der Waals surface area contributed by atoms with Crippen LogP contribution in [0.1, 0.15) is 34.1 Å². The molecule has 0 amide bonds. The summed E-state index contributed by atoms with van der Waals surface area (Å²) in [6, 6.07) is -0.0558. The summed E-state index contributed by atoms with van der Waals surface area (Å²) in [4.78, 5) is 1.87. The van der Waals surface area contributed by atoms with Crippen molar-refractivity contribution in [1.29, 1.82) is 0 Å². The van der Waals surface area contributed by atoms with E-state index >= 15 is 0 Å². The lowest BCUT2D eigenvalue weighted by Crippen LogP contribution is -2.37. The quantitative estimate of drug-likeness (QED) is 0.783. The van der Waals surface area contributed by atoms with Crippen molar-refractivity contribution < 1.29 is 22.6 Å². The van der Waals surface area contributed by atoms with Crippen molar-refractivity contribution in [3.8, 4) is 0 Å². The van der Waals surface area contributed by atoms with Gasteiger partial charge >= 0.3 is 6.36 Å². The predicted octanol–water partition coefficient (Wildman–Crippen LogP) is 2.80. The van der Waals surface area contributed by atoms with Crippen LogP contribution in [0.3, 0.4) is 0 Å². The number of alkyl halides is 3. The summed E-state index contributed by atoms with van der Waals surface area (Å²) >= 11 is 0. The molecule has 3 nitrogen and oxygen atoms in total. The van der Waals surface area contributed by atoms with Gasteiger partial charge in [0.05, 0.1) is 17.8 Å². The van der Waals surface area contributed by atoms with Gasteiger partial charge in [-0.05, 0) is 41.2 Å². The van der Waals surface area contributed by atoms with E-state index in [1.54, 1.807) is 7.05 Å². The fourth-order valence-corrected chi connectivity index (χ4v) is 2.71. The summed E-state index contributed by atoms with van der Waals surface area (Å²) in [5.74, 6) is 0. The molecule has 0 N–H and O–H groups in total. The van der Waals surface area contributed by atoms with Gasteiger partial charge in [0.1, 0.15) is 0 Å². The molecular formula is C12H22F3NO2. The summed E-state index contributed by atoms with van der Waals surface area (Å²) in [6.07, 6.45) is -4.33.